The molecule has 0 radical (unpaired) electrons. The first-order valence-corrected chi connectivity index (χ1v) is 7.14. The smallest absolute Gasteiger partial charge is 0.307 e. The molecule has 0 bridgehead atoms. The molecular formula is C14H18F3N5. The van der Waals surface area contributed by atoms with E-state index in [4.69, 9.17) is 0 Å². The van der Waals surface area contributed by atoms with Gasteiger partial charge in [0.2, 0.25) is 0 Å². The molecule has 8 heteroatoms. The van der Waals surface area contributed by atoms with Crippen molar-refractivity contribution in [1.82, 2.24) is 25.5 Å². The second-order valence-corrected chi connectivity index (χ2v) is 4.95. The van der Waals surface area contributed by atoms with Gasteiger partial charge in [0.15, 0.2) is 5.82 Å². The van der Waals surface area contributed by atoms with Crippen LogP contribution in [0.15, 0.2) is 24.3 Å². The lowest BCUT2D eigenvalue weighted by Crippen LogP contribution is -2.28. The molecule has 1 N–H and O–H groups in total. The Morgan fingerprint density at radius 3 is 2.59 bits per heavy atom. The average Bonchev–Trinajstić information content (AvgIpc) is 2.96. The maximum absolute atomic E-state index is 12.8. The van der Waals surface area contributed by atoms with E-state index in [1.54, 1.807) is 6.07 Å². The summed E-state index contributed by atoms with van der Waals surface area (Å²) < 4.78 is 39.7. The van der Waals surface area contributed by atoms with Gasteiger partial charge in [-0.15, -0.1) is 5.10 Å². The summed E-state index contributed by atoms with van der Waals surface area (Å²) in [6.45, 7) is 4.53. The van der Waals surface area contributed by atoms with E-state index in [-0.39, 0.29) is 0 Å². The standard InChI is InChI=1S/C14H18F3N5/c1-3-11(4-2)18-9-13-19-20-21-22(13)12-7-5-6-10(8-12)14(15,16)17/h5-8,11,18H,3-4,9H2,1-2H3. The molecule has 22 heavy (non-hydrogen) atoms. The fourth-order valence-electron chi connectivity index (χ4n) is 2.14. The van der Waals surface area contributed by atoms with Crippen molar-refractivity contribution in [3.05, 3.63) is 35.7 Å². The van der Waals surface area contributed by atoms with Crippen LogP contribution in [-0.4, -0.2) is 26.2 Å². The Balaban J connectivity index is 2.22. The predicted octanol–water partition coefficient (Wildman–Crippen LogP) is 2.96. The van der Waals surface area contributed by atoms with Gasteiger partial charge in [0.05, 0.1) is 17.8 Å². The van der Waals surface area contributed by atoms with Crippen LogP contribution in [0.4, 0.5) is 13.2 Å². The number of hydrogen-bond donors (Lipinski definition) is 1. The molecule has 2 rings (SSSR count). The van der Waals surface area contributed by atoms with E-state index < -0.39 is 11.7 Å². The van der Waals surface area contributed by atoms with E-state index in [9.17, 15) is 13.2 Å². The topological polar surface area (TPSA) is 55.6 Å². The number of nitrogens with zero attached hydrogens (tertiary/aromatic N) is 4. The lowest BCUT2D eigenvalue weighted by Gasteiger charge is -2.14. The molecule has 0 atom stereocenters. The number of alkyl halides is 3. The fourth-order valence-corrected chi connectivity index (χ4v) is 2.14. The molecule has 1 aromatic heterocycles. The Hall–Kier alpha value is -1.96. The minimum Gasteiger partial charge on any atom is -0.307 e. The van der Waals surface area contributed by atoms with Crippen LogP contribution >= 0.6 is 0 Å². The van der Waals surface area contributed by atoms with E-state index in [0.717, 1.165) is 25.0 Å². The maximum atomic E-state index is 12.8. The number of benzene rings is 1. The molecule has 0 spiro atoms. The highest BCUT2D eigenvalue weighted by molar-refractivity contribution is 5.36. The average molecular weight is 313 g/mol. The zero-order chi connectivity index (χ0) is 16.2. The predicted molar refractivity (Wildman–Crippen MR) is 75.4 cm³/mol. The molecule has 120 valence electrons. The Morgan fingerprint density at radius 1 is 1.23 bits per heavy atom. The molecule has 0 amide bonds. The van der Waals surface area contributed by atoms with Gasteiger partial charge < -0.3 is 5.32 Å². The van der Waals surface area contributed by atoms with Crippen molar-refractivity contribution in [2.45, 2.75) is 45.5 Å². The number of halogens is 3. The van der Waals surface area contributed by atoms with Crippen molar-refractivity contribution in [2.24, 2.45) is 0 Å². The summed E-state index contributed by atoms with van der Waals surface area (Å²) in [7, 11) is 0. The molecule has 1 aromatic carbocycles. The third-order valence-electron chi connectivity index (χ3n) is 3.49. The number of aromatic nitrogens is 4. The van der Waals surface area contributed by atoms with Gasteiger partial charge in [0, 0.05) is 6.04 Å². The minimum absolute atomic E-state index is 0.293. The molecule has 0 aliphatic rings. The second-order valence-electron chi connectivity index (χ2n) is 4.95. The van der Waals surface area contributed by atoms with Gasteiger partial charge >= 0.3 is 6.18 Å². The Kier molecular flexibility index (Phi) is 5.12. The SMILES string of the molecule is CCC(CC)NCc1nnnn1-c1cccc(C(F)(F)F)c1. The van der Waals surface area contributed by atoms with Crippen molar-refractivity contribution in [3.8, 4) is 5.69 Å². The summed E-state index contributed by atoms with van der Waals surface area (Å²) in [6.07, 6.45) is -2.47. The summed E-state index contributed by atoms with van der Waals surface area (Å²) in [5.41, 5.74) is -0.430. The summed E-state index contributed by atoms with van der Waals surface area (Å²) in [5, 5.41) is 14.5. The third kappa shape index (κ3) is 3.82. The van der Waals surface area contributed by atoms with Crippen molar-refractivity contribution in [1.29, 1.82) is 0 Å². The molecule has 5 nitrogen and oxygen atoms in total. The first kappa shape index (κ1) is 16.4. The van der Waals surface area contributed by atoms with Crippen LogP contribution in [0.1, 0.15) is 38.1 Å². The quantitative estimate of drug-likeness (QED) is 0.891. The van der Waals surface area contributed by atoms with Crippen molar-refractivity contribution in [3.63, 3.8) is 0 Å². The largest absolute Gasteiger partial charge is 0.416 e. The van der Waals surface area contributed by atoms with Crippen LogP contribution in [0.5, 0.6) is 0 Å². The van der Waals surface area contributed by atoms with E-state index >= 15 is 0 Å². The lowest BCUT2D eigenvalue weighted by atomic mass is 10.2. The van der Waals surface area contributed by atoms with E-state index in [2.05, 4.69) is 34.7 Å². The zero-order valence-corrected chi connectivity index (χ0v) is 12.4. The molecule has 0 saturated heterocycles. The van der Waals surface area contributed by atoms with E-state index in [1.807, 2.05) is 0 Å². The molecular weight excluding hydrogens is 295 g/mol. The monoisotopic (exact) mass is 313 g/mol. The fraction of sp³-hybridized carbons (Fsp3) is 0.500. The first-order chi connectivity index (χ1) is 10.5. The number of hydrogen-bond acceptors (Lipinski definition) is 4. The van der Waals surface area contributed by atoms with Crippen LogP contribution in [0.2, 0.25) is 0 Å². The normalized spacial score (nSPS) is 12.1. The summed E-state index contributed by atoms with van der Waals surface area (Å²) in [4.78, 5) is 0. The highest BCUT2D eigenvalue weighted by Gasteiger charge is 2.30. The molecule has 0 unspecified atom stereocenters. The highest BCUT2D eigenvalue weighted by atomic mass is 19.4. The Bertz CT molecular complexity index is 605. The van der Waals surface area contributed by atoms with Gasteiger partial charge in [0.25, 0.3) is 0 Å². The van der Waals surface area contributed by atoms with Crippen LogP contribution in [0, 0.1) is 0 Å². The molecule has 0 fully saturated rings. The van der Waals surface area contributed by atoms with Crippen LogP contribution < -0.4 is 5.32 Å². The van der Waals surface area contributed by atoms with E-state index in [0.29, 0.717) is 24.1 Å². The van der Waals surface area contributed by atoms with Gasteiger partial charge in [-0.25, -0.2) is 0 Å². The Morgan fingerprint density at radius 2 is 1.95 bits per heavy atom. The van der Waals surface area contributed by atoms with Crippen molar-refractivity contribution >= 4 is 0 Å². The summed E-state index contributed by atoms with van der Waals surface area (Å²) in [6, 6.07) is 5.28. The molecule has 2 aromatic rings. The number of nitrogens with one attached hydrogen (secondary N) is 1. The van der Waals surface area contributed by atoms with Gasteiger partial charge in [-0.05, 0) is 41.5 Å². The van der Waals surface area contributed by atoms with Crippen molar-refractivity contribution < 1.29 is 13.2 Å². The zero-order valence-electron chi connectivity index (χ0n) is 12.4. The second kappa shape index (κ2) is 6.87. The van der Waals surface area contributed by atoms with Crippen molar-refractivity contribution in [2.75, 3.05) is 0 Å². The van der Waals surface area contributed by atoms with Crippen LogP contribution in [-0.2, 0) is 12.7 Å². The Labute approximate surface area is 126 Å². The third-order valence-corrected chi connectivity index (χ3v) is 3.49. The van der Waals surface area contributed by atoms with Gasteiger partial charge in [0.1, 0.15) is 0 Å². The minimum atomic E-state index is -4.39. The summed E-state index contributed by atoms with van der Waals surface area (Å²) in [5.74, 6) is 0.478. The summed E-state index contributed by atoms with van der Waals surface area (Å²) >= 11 is 0. The van der Waals surface area contributed by atoms with Crippen LogP contribution in [0.25, 0.3) is 5.69 Å². The molecule has 0 saturated carbocycles. The van der Waals surface area contributed by atoms with Gasteiger partial charge in [-0.3, -0.25) is 0 Å². The van der Waals surface area contributed by atoms with Crippen LogP contribution in [0.3, 0.4) is 0 Å². The first-order valence-electron chi connectivity index (χ1n) is 7.14. The molecule has 0 aliphatic heterocycles. The number of tetrazole rings is 1. The highest BCUT2D eigenvalue weighted by Crippen LogP contribution is 2.30. The number of rotatable bonds is 6. The molecule has 0 aliphatic carbocycles. The molecule has 1 heterocycles. The van der Waals surface area contributed by atoms with E-state index in [1.165, 1.54) is 10.7 Å². The van der Waals surface area contributed by atoms with Gasteiger partial charge in [-0.2, -0.15) is 17.9 Å². The lowest BCUT2D eigenvalue weighted by molar-refractivity contribution is -0.137. The van der Waals surface area contributed by atoms with Gasteiger partial charge in [-0.1, -0.05) is 19.9 Å². The maximum Gasteiger partial charge on any atom is 0.416 e.